The highest BCUT2D eigenvalue weighted by molar-refractivity contribution is 6.02. The third-order valence-corrected chi connectivity index (χ3v) is 6.19. The number of piperidine rings is 1. The first-order valence-corrected chi connectivity index (χ1v) is 10.6. The fourth-order valence-corrected chi connectivity index (χ4v) is 4.10. The molecule has 0 spiro atoms. The monoisotopic (exact) mass is 392 g/mol. The molecule has 0 aromatic carbocycles. The molecular weight excluding hydrogens is 364 g/mol. The first-order valence-electron chi connectivity index (χ1n) is 10.6. The number of aryl methyl sites for hydroxylation is 1. The molecule has 0 bridgehead atoms. The average molecular weight is 393 g/mol. The van der Waals surface area contributed by atoms with Crippen molar-refractivity contribution in [2.45, 2.75) is 44.9 Å². The van der Waals surface area contributed by atoms with E-state index >= 15 is 0 Å². The van der Waals surface area contributed by atoms with Crippen LogP contribution in [-0.4, -0.2) is 39.8 Å². The number of likely N-dealkylation sites (tertiary alicyclic amines) is 1. The molecule has 6 heteroatoms. The van der Waals surface area contributed by atoms with Crippen LogP contribution in [0.2, 0.25) is 0 Å². The van der Waals surface area contributed by atoms with Crippen LogP contribution < -0.4 is 5.32 Å². The Bertz CT molecular complexity index is 843. The maximum absolute atomic E-state index is 12.4. The summed E-state index contributed by atoms with van der Waals surface area (Å²) in [6.07, 6.45) is 11.0. The summed E-state index contributed by atoms with van der Waals surface area (Å²) in [5, 5.41) is 2.82. The highest BCUT2D eigenvalue weighted by Crippen LogP contribution is 2.30. The SMILES string of the molecule is O=C(Nc1cc(CCC2CCN(C(=O)C3CCC3)CC2)ccn1)c1ccccn1. The van der Waals surface area contributed by atoms with E-state index in [0.29, 0.717) is 29.3 Å². The minimum absolute atomic E-state index is 0.251. The van der Waals surface area contributed by atoms with Crippen molar-refractivity contribution in [3.05, 3.63) is 54.0 Å². The van der Waals surface area contributed by atoms with Gasteiger partial charge in [0.2, 0.25) is 5.91 Å². The van der Waals surface area contributed by atoms with E-state index in [1.54, 1.807) is 30.6 Å². The Kier molecular flexibility index (Phi) is 6.17. The van der Waals surface area contributed by atoms with Gasteiger partial charge >= 0.3 is 0 Å². The quantitative estimate of drug-likeness (QED) is 0.813. The molecule has 2 amide bonds. The molecule has 2 fully saturated rings. The molecule has 0 unspecified atom stereocenters. The Morgan fingerprint density at radius 3 is 2.55 bits per heavy atom. The van der Waals surface area contributed by atoms with Gasteiger partial charge in [-0.2, -0.15) is 0 Å². The standard InChI is InChI=1S/C23H28N4O2/c28-22(20-6-1-2-12-24-20)26-21-16-18(9-13-25-21)8-7-17-10-14-27(15-11-17)23(29)19-4-3-5-19/h1-2,6,9,12-13,16-17,19H,3-5,7-8,10-11,14-15H2,(H,25,26,28). The zero-order valence-electron chi connectivity index (χ0n) is 16.7. The van der Waals surface area contributed by atoms with E-state index in [9.17, 15) is 9.59 Å². The maximum atomic E-state index is 12.4. The first kappa shape index (κ1) is 19.6. The van der Waals surface area contributed by atoms with Crippen LogP contribution in [0.5, 0.6) is 0 Å². The Labute approximate surface area is 171 Å². The summed E-state index contributed by atoms with van der Waals surface area (Å²) < 4.78 is 0. The molecule has 1 aliphatic heterocycles. The number of pyridine rings is 2. The lowest BCUT2D eigenvalue weighted by Crippen LogP contribution is -2.43. The molecule has 0 atom stereocenters. The molecule has 152 valence electrons. The topological polar surface area (TPSA) is 75.2 Å². The van der Waals surface area contributed by atoms with Crippen LogP contribution in [0, 0.1) is 11.8 Å². The van der Waals surface area contributed by atoms with Gasteiger partial charge in [0.05, 0.1) is 0 Å². The zero-order chi connectivity index (χ0) is 20.1. The first-order chi connectivity index (χ1) is 14.2. The zero-order valence-corrected chi connectivity index (χ0v) is 16.7. The van der Waals surface area contributed by atoms with Crippen LogP contribution in [-0.2, 0) is 11.2 Å². The van der Waals surface area contributed by atoms with Crippen LogP contribution in [0.25, 0.3) is 0 Å². The van der Waals surface area contributed by atoms with Gasteiger partial charge in [-0.15, -0.1) is 0 Å². The van der Waals surface area contributed by atoms with Crippen molar-refractivity contribution in [1.82, 2.24) is 14.9 Å². The van der Waals surface area contributed by atoms with E-state index < -0.39 is 0 Å². The van der Waals surface area contributed by atoms with Crippen molar-refractivity contribution < 1.29 is 9.59 Å². The van der Waals surface area contributed by atoms with Crippen LogP contribution in [0.15, 0.2) is 42.7 Å². The van der Waals surface area contributed by atoms with Crippen LogP contribution >= 0.6 is 0 Å². The van der Waals surface area contributed by atoms with Gasteiger partial charge in [0.15, 0.2) is 0 Å². The number of hydrogen-bond acceptors (Lipinski definition) is 4. The lowest BCUT2D eigenvalue weighted by Gasteiger charge is -2.36. The maximum Gasteiger partial charge on any atom is 0.275 e. The molecule has 29 heavy (non-hydrogen) atoms. The van der Waals surface area contributed by atoms with Gasteiger partial charge in [0, 0.05) is 31.4 Å². The van der Waals surface area contributed by atoms with Gasteiger partial charge in [-0.3, -0.25) is 14.6 Å². The largest absolute Gasteiger partial charge is 0.342 e. The Morgan fingerprint density at radius 2 is 1.86 bits per heavy atom. The molecular formula is C23H28N4O2. The van der Waals surface area contributed by atoms with Crippen molar-refractivity contribution in [3.63, 3.8) is 0 Å². The molecule has 1 saturated heterocycles. The number of rotatable bonds is 6. The smallest absolute Gasteiger partial charge is 0.275 e. The number of aromatic nitrogens is 2. The molecule has 2 aliphatic rings. The van der Waals surface area contributed by atoms with Crippen molar-refractivity contribution in [3.8, 4) is 0 Å². The van der Waals surface area contributed by atoms with Crippen LogP contribution in [0.4, 0.5) is 5.82 Å². The number of carbonyl (C=O) groups excluding carboxylic acids is 2. The van der Waals surface area contributed by atoms with E-state index in [2.05, 4.69) is 20.2 Å². The second kappa shape index (κ2) is 9.16. The minimum atomic E-state index is -0.251. The van der Waals surface area contributed by atoms with Gasteiger partial charge in [0.25, 0.3) is 5.91 Å². The summed E-state index contributed by atoms with van der Waals surface area (Å²) in [6, 6.07) is 9.20. The van der Waals surface area contributed by atoms with Crippen LogP contribution in [0.3, 0.4) is 0 Å². The van der Waals surface area contributed by atoms with E-state index in [1.807, 2.05) is 12.1 Å². The van der Waals surface area contributed by atoms with Gasteiger partial charge in [-0.1, -0.05) is 12.5 Å². The molecule has 2 aromatic heterocycles. The summed E-state index contributed by atoms with van der Waals surface area (Å²) in [5.74, 6) is 1.65. The van der Waals surface area contributed by atoms with Gasteiger partial charge < -0.3 is 10.2 Å². The third-order valence-electron chi connectivity index (χ3n) is 6.19. The van der Waals surface area contributed by atoms with E-state index in [0.717, 1.165) is 51.6 Å². The molecule has 0 radical (unpaired) electrons. The third kappa shape index (κ3) is 5.00. The van der Waals surface area contributed by atoms with Crippen molar-refractivity contribution in [2.75, 3.05) is 18.4 Å². The number of hydrogen-bond donors (Lipinski definition) is 1. The minimum Gasteiger partial charge on any atom is -0.342 e. The Balaban J connectivity index is 1.25. The van der Waals surface area contributed by atoms with E-state index in [4.69, 9.17) is 0 Å². The second-order valence-electron chi connectivity index (χ2n) is 8.15. The molecule has 4 rings (SSSR count). The molecule has 2 aromatic rings. The Hall–Kier alpha value is -2.76. The summed E-state index contributed by atoms with van der Waals surface area (Å²) in [4.78, 5) is 35.0. The number of carbonyl (C=O) groups is 2. The number of nitrogens with zero attached hydrogens (tertiary/aromatic N) is 3. The highest BCUT2D eigenvalue weighted by atomic mass is 16.2. The number of amides is 2. The van der Waals surface area contributed by atoms with E-state index in [1.165, 1.54) is 12.0 Å². The van der Waals surface area contributed by atoms with Gasteiger partial charge in [-0.25, -0.2) is 4.98 Å². The molecule has 1 aliphatic carbocycles. The molecule has 6 nitrogen and oxygen atoms in total. The molecule has 1 saturated carbocycles. The summed E-state index contributed by atoms with van der Waals surface area (Å²) in [6.45, 7) is 1.81. The molecule has 1 N–H and O–H groups in total. The van der Waals surface area contributed by atoms with Crippen LogP contribution in [0.1, 0.15) is 54.6 Å². The summed E-state index contributed by atoms with van der Waals surface area (Å²) in [7, 11) is 0. The highest BCUT2D eigenvalue weighted by Gasteiger charge is 2.31. The number of nitrogens with one attached hydrogen (secondary N) is 1. The van der Waals surface area contributed by atoms with Gasteiger partial charge in [-0.05, 0) is 74.3 Å². The van der Waals surface area contributed by atoms with Crippen molar-refractivity contribution in [2.24, 2.45) is 11.8 Å². The average Bonchev–Trinajstić information content (AvgIpc) is 2.72. The summed E-state index contributed by atoms with van der Waals surface area (Å²) in [5.41, 5.74) is 1.55. The molecule has 3 heterocycles. The fourth-order valence-electron chi connectivity index (χ4n) is 4.10. The lowest BCUT2D eigenvalue weighted by molar-refractivity contribution is -0.139. The predicted molar refractivity (Wildman–Crippen MR) is 111 cm³/mol. The summed E-state index contributed by atoms with van der Waals surface area (Å²) >= 11 is 0. The Morgan fingerprint density at radius 1 is 1.03 bits per heavy atom. The van der Waals surface area contributed by atoms with E-state index in [-0.39, 0.29) is 5.91 Å². The van der Waals surface area contributed by atoms with Gasteiger partial charge in [0.1, 0.15) is 11.5 Å². The lowest BCUT2D eigenvalue weighted by atomic mass is 9.83. The normalized spacial score (nSPS) is 17.6. The second-order valence-corrected chi connectivity index (χ2v) is 8.15. The van der Waals surface area contributed by atoms with Crippen molar-refractivity contribution >= 4 is 17.6 Å². The number of anilines is 1. The van der Waals surface area contributed by atoms with Crippen molar-refractivity contribution in [1.29, 1.82) is 0 Å². The fraction of sp³-hybridized carbons (Fsp3) is 0.478. The predicted octanol–water partition coefficient (Wildman–Crippen LogP) is 3.70.